The number of anilines is 3. The number of rotatable bonds is 3. The topological polar surface area (TPSA) is 49.3 Å². The van der Waals surface area contributed by atoms with Crippen molar-refractivity contribution in [3.05, 3.63) is 78.9 Å². The monoisotopic (exact) mass is 430 g/mol. The first-order chi connectivity index (χ1) is 14.8. The van der Waals surface area contributed by atoms with Crippen LogP contribution in [-0.2, 0) is 0 Å². The van der Waals surface area contributed by atoms with Gasteiger partial charge in [0.05, 0.1) is 11.4 Å². The highest BCUT2D eigenvalue weighted by atomic mass is 32.2. The molecular weight excluding hydrogens is 412 g/mol. The second kappa shape index (κ2) is 7.93. The number of carbonyl (C=O) groups excluding carboxylic acids is 1. The Kier molecular flexibility index (Phi) is 4.98. The van der Waals surface area contributed by atoms with Gasteiger partial charge in [0.15, 0.2) is 0 Å². The van der Waals surface area contributed by atoms with Gasteiger partial charge in [0.2, 0.25) is 5.13 Å². The summed E-state index contributed by atoms with van der Waals surface area (Å²) in [5, 5.41) is 10.0. The van der Waals surface area contributed by atoms with Crippen molar-refractivity contribution in [3.8, 4) is 10.6 Å². The van der Waals surface area contributed by atoms with Gasteiger partial charge >= 0.3 is 6.03 Å². The van der Waals surface area contributed by atoms with E-state index in [-0.39, 0.29) is 6.03 Å². The summed E-state index contributed by atoms with van der Waals surface area (Å²) in [4.78, 5) is 19.4. The van der Waals surface area contributed by atoms with Crippen LogP contribution in [0.3, 0.4) is 0 Å². The number of carbonyl (C=O) groups is 1. The first-order valence-electron chi connectivity index (χ1n) is 9.62. The minimum Gasteiger partial charge on any atom is -0.268 e. The van der Waals surface area contributed by atoms with E-state index in [1.54, 1.807) is 21.6 Å². The first-order valence-corrected chi connectivity index (χ1v) is 11.3. The number of aromatic nitrogens is 2. The molecular formula is C23H18N4OS2. The Hall–Kier alpha value is -3.16. The average molecular weight is 431 g/mol. The lowest BCUT2D eigenvalue weighted by Gasteiger charge is -2.33. The largest absolute Gasteiger partial charge is 0.335 e. The summed E-state index contributed by atoms with van der Waals surface area (Å²) in [7, 11) is 0. The smallest absolute Gasteiger partial charge is 0.268 e. The molecule has 2 heterocycles. The standard InChI is InChI=1S/C23H18N4OS2/c1-2-26(22-25-24-21(30-22)16-10-4-3-5-11-16)23(28)27-17-12-6-8-14-19(17)29-20-15-9-7-13-18(20)27/h3-15H,2H2,1H3. The minimum atomic E-state index is -0.131. The van der Waals surface area contributed by atoms with Gasteiger partial charge in [-0.05, 0) is 31.2 Å². The number of amides is 2. The molecule has 30 heavy (non-hydrogen) atoms. The maximum atomic E-state index is 13.8. The molecule has 3 aromatic carbocycles. The summed E-state index contributed by atoms with van der Waals surface area (Å²) < 4.78 is 0. The zero-order valence-electron chi connectivity index (χ0n) is 16.2. The average Bonchev–Trinajstić information content (AvgIpc) is 3.28. The Morgan fingerprint density at radius 3 is 2.10 bits per heavy atom. The molecule has 1 aliphatic heterocycles. The molecule has 0 spiro atoms. The summed E-state index contributed by atoms with van der Waals surface area (Å²) in [6, 6.07) is 25.8. The fraction of sp³-hybridized carbons (Fsp3) is 0.0870. The summed E-state index contributed by atoms with van der Waals surface area (Å²) >= 11 is 3.11. The predicted molar refractivity (Wildman–Crippen MR) is 123 cm³/mol. The zero-order chi connectivity index (χ0) is 20.5. The Bertz CT molecular complexity index is 1160. The van der Waals surface area contributed by atoms with Crippen molar-refractivity contribution in [2.75, 3.05) is 16.3 Å². The lowest BCUT2D eigenvalue weighted by molar-refractivity contribution is 0.253. The molecule has 0 N–H and O–H groups in total. The van der Waals surface area contributed by atoms with Gasteiger partial charge in [-0.15, -0.1) is 10.2 Å². The van der Waals surface area contributed by atoms with E-state index < -0.39 is 0 Å². The molecule has 0 saturated heterocycles. The van der Waals surface area contributed by atoms with Crippen LogP contribution in [0.2, 0.25) is 0 Å². The molecule has 7 heteroatoms. The maximum Gasteiger partial charge on any atom is 0.335 e. The van der Waals surface area contributed by atoms with Crippen LogP contribution >= 0.6 is 23.1 Å². The lowest BCUT2D eigenvalue weighted by Crippen LogP contribution is -2.42. The van der Waals surface area contributed by atoms with Crippen molar-refractivity contribution in [1.29, 1.82) is 0 Å². The van der Waals surface area contributed by atoms with Gasteiger partial charge in [-0.2, -0.15) is 0 Å². The van der Waals surface area contributed by atoms with Crippen LogP contribution in [-0.4, -0.2) is 22.8 Å². The zero-order valence-corrected chi connectivity index (χ0v) is 17.9. The Labute approximate surface area is 183 Å². The van der Waals surface area contributed by atoms with Crippen molar-refractivity contribution in [3.63, 3.8) is 0 Å². The second-order valence-electron chi connectivity index (χ2n) is 6.66. The fourth-order valence-corrected chi connectivity index (χ4v) is 5.37. The van der Waals surface area contributed by atoms with Gasteiger partial charge in [-0.3, -0.25) is 9.80 Å². The summed E-state index contributed by atoms with van der Waals surface area (Å²) in [5.74, 6) is 0. The third-order valence-corrected chi connectivity index (χ3v) is 6.96. The normalized spacial score (nSPS) is 12.2. The summed E-state index contributed by atoms with van der Waals surface area (Å²) in [5.41, 5.74) is 2.77. The molecule has 0 saturated carbocycles. The van der Waals surface area contributed by atoms with E-state index in [1.165, 1.54) is 11.3 Å². The molecule has 0 radical (unpaired) electrons. The molecule has 1 aliphatic rings. The molecule has 4 aromatic rings. The van der Waals surface area contributed by atoms with Gasteiger partial charge in [-0.25, -0.2) is 4.79 Å². The highest BCUT2D eigenvalue weighted by Crippen LogP contribution is 2.48. The summed E-state index contributed by atoms with van der Waals surface area (Å²) in [6.45, 7) is 2.45. The minimum absolute atomic E-state index is 0.131. The molecule has 0 fully saturated rings. The van der Waals surface area contributed by atoms with Gasteiger partial charge in [-0.1, -0.05) is 77.7 Å². The highest BCUT2D eigenvalue weighted by Gasteiger charge is 2.32. The quantitative estimate of drug-likeness (QED) is 0.374. The second-order valence-corrected chi connectivity index (χ2v) is 8.70. The van der Waals surface area contributed by atoms with Crippen LogP contribution in [0.25, 0.3) is 10.6 Å². The van der Waals surface area contributed by atoms with Gasteiger partial charge < -0.3 is 0 Å². The van der Waals surface area contributed by atoms with Crippen LogP contribution < -0.4 is 9.80 Å². The molecule has 0 aliphatic carbocycles. The molecule has 2 amide bonds. The Morgan fingerprint density at radius 2 is 1.47 bits per heavy atom. The molecule has 148 valence electrons. The van der Waals surface area contributed by atoms with Crippen LogP contribution in [0.5, 0.6) is 0 Å². The van der Waals surface area contributed by atoms with Gasteiger partial charge in [0, 0.05) is 21.9 Å². The van der Waals surface area contributed by atoms with Crippen LogP contribution in [0.1, 0.15) is 6.92 Å². The van der Waals surface area contributed by atoms with E-state index in [9.17, 15) is 4.79 Å². The first kappa shape index (κ1) is 18.8. The third-order valence-electron chi connectivity index (χ3n) is 4.84. The van der Waals surface area contributed by atoms with E-state index in [2.05, 4.69) is 10.2 Å². The third kappa shape index (κ3) is 3.26. The van der Waals surface area contributed by atoms with Crippen LogP contribution in [0, 0.1) is 0 Å². The highest BCUT2D eigenvalue weighted by molar-refractivity contribution is 7.99. The summed E-state index contributed by atoms with van der Waals surface area (Å²) in [6.07, 6.45) is 0. The molecule has 5 nitrogen and oxygen atoms in total. The van der Waals surface area contributed by atoms with Crippen LogP contribution in [0.15, 0.2) is 88.7 Å². The number of fused-ring (bicyclic) bond motifs is 2. The predicted octanol–water partition coefficient (Wildman–Crippen LogP) is 6.45. The van der Waals surface area contributed by atoms with Gasteiger partial charge in [0.1, 0.15) is 5.01 Å². The van der Waals surface area contributed by atoms with Crippen molar-refractivity contribution < 1.29 is 4.79 Å². The van der Waals surface area contributed by atoms with Crippen molar-refractivity contribution in [1.82, 2.24) is 10.2 Å². The molecule has 0 atom stereocenters. The number of urea groups is 1. The molecule has 0 unspecified atom stereocenters. The van der Waals surface area contributed by atoms with E-state index in [4.69, 9.17) is 0 Å². The molecule has 5 rings (SSSR count). The number of benzene rings is 3. The van der Waals surface area contributed by atoms with E-state index in [1.807, 2.05) is 85.8 Å². The SMILES string of the molecule is CCN(C(=O)N1c2ccccc2Sc2ccccc21)c1nnc(-c2ccccc2)s1. The van der Waals surface area contributed by atoms with E-state index in [0.717, 1.165) is 31.7 Å². The number of hydrogen-bond acceptors (Lipinski definition) is 5. The Morgan fingerprint density at radius 1 is 0.867 bits per heavy atom. The maximum absolute atomic E-state index is 13.8. The van der Waals surface area contributed by atoms with Crippen molar-refractivity contribution >= 4 is 45.6 Å². The van der Waals surface area contributed by atoms with Crippen molar-refractivity contribution in [2.24, 2.45) is 0 Å². The van der Waals surface area contributed by atoms with Crippen molar-refractivity contribution in [2.45, 2.75) is 16.7 Å². The number of hydrogen-bond donors (Lipinski definition) is 0. The van der Waals surface area contributed by atoms with E-state index >= 15 is 0 Å². The van der Waals surface area contributed by atoms with Gasteiger partial charge in [0.25, 0.3) is 0 Å². The molecule has 0 bridgehead atoms. The van der Waals surface area contributed by atoms with Crippen LogP contribution in [0.4, 0.5) is 21.3 Å². The fourth-order valence-electron chi connectivity index (χ4n) is 3.41. The number of nitrogens with zero attached hydrogens (tertiary/aromatic N) is 4. The number of para-hydroxylation sites is 2. The lowest BCUT2D eigenvalue weighted by atomic mass is 10.2. The Balaban J connectivity index is 1.55. The molecule has 1 aromatic heterocycles. The van der Waals surface area contributed by atoms with E-state index in [0.29, 0.717) is 11.7 Å².